The second kappa shape index (κ2) is 5.04. The molecule has 110 valence electrons. The van der Waals surface area contributed by atoms with E-state index < -0.39 is 10.0 Å². The molecule has 21 heavy (non-hydrogen) atoms. The quantitative estimate of drug-likeness (QED) is 0.946. The lowest BCUT2D eigenvalue weighted by Gasteiger charge is -2.23. The SMILES string of the molecule is CC1Cc2ccccc2N1c1ccc(NS(C)(=O)=O)cn1. The van der Waals surface area contributed by atoms with E-state index in [0.717, 1.165) is 18.5 Å². The van der Waals surface area contributed by atoms with Crippen LogP contribution in [0.5, 0.6) is 0 Å². The highest BCUT2D eigenvalue weighted by atomic mass is 32.2. The number of pyridine rings is 1. The molecule has 0 saturated carbocycles. The molecule has 2 heterocycles. The zero-order valence-electron chi connectivity index (χ0n) is 11.9. The number of rotatable bonds is 3. The molecule has 0 radical (unpaired) electrons. The van der Waals surface area contributed by atoms with Gasteiger partial charge >= 0.3 is 0 Å². The van der Waals surface area contributed by atoms with Crippen LogP contribution in [0.1, 0.15) is 12.5 Å². The van der Waals surface area contributed by atoms with Gasteiger partial charge in [0.15, 0.2) is 0 Å². The monoisotopic (exact) mass is 303 g/mol. The van der Waals surface area contributed by atoms with Gasteiger partial charge < -0.3 is 4.90 Å². The van der Waals surface area contributed by atoms with E-state index in [0.29, 0.717) is 11.7 Å². The summed E-state index contributed by atoms with van der Waals surface area (Å²) in [7, 11) is -3.27. The fourth-order valence-corrected chi connectivity index (χ4v) is 3.27. The van der Waals surface area contributed by atoms with E-state index in [2.05, 4.69) is 33.7 Å². The van der Waals surface area contributed by atoms with E-state index in [4.69, 9.17) is 0 Å². The minimum atomic E-state index is -3.27. The molecule has 0 saturated heterocycles. The van der Waals surface area contributed by atoms with Crippen LogP contribution in [0, 0.1) is 0 Å². The Labute approximate surface area is 124 Å². The number of benzene rings is 1. The van der Waals surface area contributed by atoms with Gasteiger partial charge in [0.2, 0.25) is 10.0 Å². The summed E-state index contributed by atoms with van der Waals surface area (Å²) in [5, 5.41) is 0. The minimum Gasteiger partial charge on any atom is -0.323 e. The van der Waals surface area contributed by atoms with Crippen LogP contribution >= 0.6 is 0 Å². The zero-order chi connectivity index (χ0) is 15.0. The van der Waals surface area contributed by atoms with Gasteiger partial charge in [-0.1, -0.05) is 18.2 Å². The highest BCUT2D eigenvalue weighted by molar-refractivity contribution is 7.92. The lowest BCUT2D eigenvalue weighted by atomic mass is 10.1. The molecule has 1 N–H and O–H groups in total. The van der Waals surface area contributed by atoms with Gasteiger partial charge in [-0.15, -0.1) is 0 Å². The van der Waals surface area contributed by atoms with Crippen LogP contribution in [0.4, 0.5) is 17.2 Å². The third-order valence-electron chi connectivity index (χ3n) is 3.51. The molecule has 0 amide bonds. The number of sulfonamides is 1. The Bertz CT molecular complexity index is 757. The van der Waals surface area contributed by atoms with E-state index in [1.165, 1.54) is 11.3 Å². The van der Waals surface area contributed by atoms with Gasteiger partial charge in [-0.2, -0.15) is 0 Å². The van der Waals surface area contributed by atoms with Crippen molar-refractivity contribution in [1.29, 1.82) is 0 Å². The number of nitrogens with zero attached hydrogens (tertiary/aromatic N) is 2. The van der Waals surface area contributed by atoms with Crippen molar-refractivity contribution in [3.05, 3.63) is 48.2 Å². The summed E-state index contributed by atoms with van der Waals surface area (Å²) in [5.41, 5.74) is 2.95. The minimum absolute atomic E-state index is 0.337. The Morgan fingerprint density at radius 2 is 2.00 bits per heavy atom. The first-order valence-corrected chi connectivity index (χ1v) is 8.64. The Kier molecular flexibility index (Phi) is 3.33. The number of para-hydroxylation sites is 1. The largest absolute Gasteiger partial charge is 0.323 e. The molecule has 1 atom stereocenters. The summed E-state index contributed by atoms with van der Waals surface area (Å²) >= 11 is 0. The number of hydrogen-bond donors (Lipinski definition) is 1. The molecule has 1 unspecified atom stereocenters. The Balaban J connectivity index is 1.91. The fourth-order valence-electron chi connectivity index (χ4n) is 2.72. The van der Waals surface area contributed by atoms with Gasteiger partial charge in [0.05, 0.1) is 18.1 Å². The van der Waals surface area contributed by atoms with Crippen molar-refractivity contribution in [2.24, 2.45) is 0 Å². The van der Waals surface area contributed by atoms with Crippen molar-refractivity contribution in [3.63, 3.8) is 0 Å². The molecular formula is C15H17N3O2S. The first-order chi connectivity index (χ1) is 9.94. The maximum atomic E-state index is 11.2. The van der Waals surface area contributed by atoms with Gasteiger partial charge in [0.1, 0.15) is 5.82 Å². The predicted molar refractivity (Wildman–Crippen MR) is 84.5 cm³/mol. The first kappa shape index (κ1) is 13.9. The van der Waals surface area contributed by atoms with E-state index in [1.54, 1.807) is 12.3 Å². The highest BCUT2D eigenvalue weighted by Gasteiger charge is 2.27. The van der Waals surface area contributed by atoms with Crippen LogP contribution in [-0.4, -0.2) is 25.7 Å². The molecule has 1 aromatic heterocycles. The van der Waals surface area contributed by atoms with Crippen LogP contribution in [0.2, 0.25) is 0 Å². The van der Waals surface area contributed by atoms with Gasteiger partial charge in [-0.3, -0.25) is 4.72 Å². The van der Waals surface area contributed by atoms with E-state index >= 15 is 0 Å². The molecule has 1 aromatic carbocycles. The first-order valence-electron chi connectivity index (χ1n) is 6.75. The molecule has 0 fully saturated rings. The zero-order valence-corrected chi connectivity index (χ0v) is 12.8. The van der Waals surface area contributed by atoms with Crippen LogP contribution in [0.25, 0.3) is 0 Å². The van der Waals surface area contributed by atoms with Crippen LogP contribution in [0.3, 0.4) is 0 Å². The summed E-state index contributed by atoms with van der Waals surface area (Å²) in [6, 6.07) is 12.2. The summed E-state index contributed by atoms with van der Waals surface area (Å²) in [6.45, 7) is 2.16. The van der Waals surface area contributed by atoms with Crippen molar-refractivity contribution in [3.8, 4) is 0 Å². The van der Waals surface area contributed by atoms with E-state index in [-0.39, 0.29) is 0 Å². The Morgan fingerprint density at radius 1 is 1.24 bits per heavy atom. The average Bonchev–Trinajstić information content (AvgIpc) is 2.74. The predicted octanol–water partition coefficient (Wildman–Crippen LogP) is 2.54. The second-order valence-corrected chi connectivity index (χ2v) is 7.08. The van der Waals surface area contributed by atoms with Crippen molar-refractivity contribution in [1.82, 2.24) is 4.98 Å². The van der Waals surface area contributed by atoms with Crippen molar-refractivity contribution in [2.75, 3.05) is 15.9 Å². The van der Waals surface area contributed by atoms with Gasteiger partial charge in [-0.05, 0) is 37.1 Å². The number of hydrogen-bond acceptors (Lipinski definition) is 4. The molecule has 0 aliphatic carbocycles. The fraction of sp³-hybridized carbons (Fsp3) is 0.267. The summed E-state index contributed by atoms with van der Waals surface area (Å²) in [6.07, 6.45) is 3.66. The van der Waals surface area contributed by atoms with Crippen LogP contribution < -0.4 is 9.62 Å². The summed E-state index contributed by atoms with van der Waals surface area (Å²) < 4.78 is 24.8. The third-order valence-corrected chi connectivity index (χ3v) is 4.11. The van der Waals surface area contributed by atoms with Crippen molar-refractivity contribution < 1.29 is 8.42 Å². The standard InChI is InChI=1S/C15H17N3O2S/c1-11-9-12-5-3-4-6-14(12)18(11)15-8-7-13(10-16-15)17-21(2,19)20/h3-8,10-11,17H,9H2,1-2H3. The second-order valence-electron chi connectivity index (χ2n) is 5.33. The maximum Gasteiger partial charge on any atom is 0.229 e. The molecule has 0 spiro atoms. The van der Waals surface area contributed by atoms with Gasteiger partial charge in [0.25, 0.3) is 0 Å². The average molecular weight is 303 g/mol. The maximum absolute atomic E-state index is 11.2. The molecule has 1 aliphatic heterocycles. The molecule has 3 rings (SSSR count). The third kappa shape index (κ3) is 2.85. The topological polar surface area (TPSA) is 62.3 Å². The number of fused-ring (bicyclic) bond motifs is 1. The van der Waals surface area contributed by atoms with E-state index in [1.807, 2.05) is 18.2 Å². The number of aromatic nitrogens is 1. The lowest BCUT2D eigenvalue weighted by molar-refractivity contribution is 0.607. The van der Waals surface area contributed by atoms with Crippen LogP contribution in [-0.2, 0) is 16.4 Å². The lowest BCUT2D eigenvalue weighted by Crippen LogP contribution is -2.24. The molecule has 6 heteroatoms. The molecule has 0 bridgehead atoms. The van der Waals surface area contributed by atoms with E-state index in [9.17, 15) is 8.42 Å². The normalized spacial score (nSPS) is 17.6. The number of nitrogens with one attached hydrogen (secondary N) is 1. The van der Waals surface area contributed by atoms with Gasteiger partial charge in [-0.25, -0.2) is 13.4 Å². The Hall–Kier alpha value is -2.08. The smallest absolute Gasteiger partial charge is 0.229 e. The molecule has 5 nitrogen and oxygen atoms in total. The molecular weight excluding hydrogens is 286 g/mol. The van der Waals surface area contributed by atoms with Crippen molar-refractivity contribution >= 4 is 27.2 Å². The van der Waals surface area contributed by atoms with Gasteiger partial charge in [0, 0.05) is 11.7 Å². The molecule has 2 aromatic rings. The van der Waals surface area contributed by atoms with Crippen LogP contribution in [0.15, 0.2) is 42.6 Å². The summed E-state index contributed by atoms with van der Waals surface area (Å²) in [4.78, 5) is 6.57. The number of anilines is 3. The van der Waals surface area contributed by atoms with Crippen molar-refractivity contribution in [2.45, 2.75) is 19.4 Å². The molecule has 1 aliphatic rings. The highest BCUT2D eigenvalue weighted by Crippen LogP contribution is 2.37. The summed E-state index contributed by atoms with van der Waals surface area (Å²) in [5.74, 6) is 0.825. The Morgan fingerprint density at radius 3 is 2.67 bits per heavy atom.